The van der Waals surface area contributed by atoms with Crippen LogP contribution in [0.15, 0.2) is 47.6 Å². The van der Waals surface area contributed by atoms with E-state index >= 15 is 0 Å². The summed E-state index contributed by atoms with van der Waals surface area (Å²) in [5, 5.41) is 3.98. The first-order chi connectivity index (χ1) is 9.47. The molecule has 0 fully saturated rings. The summed E-state index contributed by atoms with van der Waals surface area (Å²) in [6, 6.07) is 7.81. The number of sulfonamides is 1. The number of hydrogen-bond acceptors (Lipinski definition) is 4. The average Bonchev–Trinajstić information content (AvgIpc) is 2.83. The third kappa shape index (κ3) is 3.67. The molecule has 1 N–H and O–H groups in total. The molecule has 0 aliphatic rings. The third-order valence-electron chi connectivity index (χ3n) is 2.70. The lowest BCUT2D eigenvalue weighted by atomic mass is 10.2. The molecule has 1 aromatic carbocycles. The molecule has 0 bridgehead atoms. The highest BCUT2D eigenvalue weighted by Gasteiger charge is 2.16. The predicted molar refractivity (Wildman–Crippen MR) is 73.3 cm³/mol. The van der Waals surface area contributed by atoms with Crippen LogP contribution in [0, 0.1) is 0 Å². The average molecular weight is 293 g/mol. The molecule has 0 atom stereocenters. The Morgan fingerprint density at radius 3 is 2.60 bits per heavy atom. The van der Waals surface area contributed by atoms with E-state index in [1.165, 1.54) is 12.1 Å². The standard InChI is InChI=1S/C13H15N3O3S/c1-16-10-11(9-14-16)7-8-13(17)15-20(18,19)12-5-3-2-4-6-12/h2-6,9-10H,7-8H2,1H3,(H,15,17). The number of nitrogens with one attached hydrogen (secondary N) is 1. The van der Waals surface area contributed by atoms with Crippen LogP contribution in [0.2, 0.25) is 0 Å². The van der Waals surface area contributed by atoms with Crippen LogP contribution >= 0.6 is 0 Å². The van der Waals surface area contributed by atoms with Gasteiger partial charge in [-0.05, 0) is 24.1 Å². The van der Waals surface area contributed by atoms with Gasteiger partial charge in [-0.3, -0.25) is 9.48 Å². The minimum Gasteiger partial charge on any atom is -0.276 e. The number of aryl methyl sites for hydroxylation is 2. The molecule has 0 radical (unpaired) electrons. The summed E-state index contributed by atoms with van der Waals surface area (Å²) in [5.74, 6) is -0.530. The number of benzene rings is 1. The fourth-order valence-corrected chi connectivity index (χ4v) is 2.75. The monoisotopic (exact) mass is 293 g/mol. The van der Waals surface area contributed by atoms with E-state index in [0.29, 0.717) is 6.42 Å². The van der Waals surface area contributed by atoms with Crippen LogP contribution in [-0.2, 0) is 28.3 Å². The summed E-state index contributed by atoms with van der Waals surface area (Å²) in [6.07, 6.45) is 3.99. The smallest absolute Gasteiger partial charge is 0.264 e. The highest BCUT2D eigenvalue weighted by atomic mass is 32.2. The minimum absolute atomic E-state index is 0.0785. The molecule has 0 spiro atoms. The first-order valence-electron chi connectivity index (χ1n) is 6.05. The van der Waals surface area contributed by atoms with Crippen molar-refractivity contribution < 1.29 is 13.2 Å². The fraction of sp³-hybridized carbons (Fsp3) is 0.231. The van der Waals surface area contributed by atoms with E-state index < -0.39 is 15.9 Å². The Bertz CT molecular complexity index is 693. The van der Waals surface area contributed by atoms with Crippen molar-refractivity contribution in [1.82, 2.24) is 14.5 Å². The predicted octanol–water partition coefficient (Wildman–Crippen LogP) is 0.858. The van der Waals surface area contributed by atoms with Gasteiger partial charge < -0.3 is 0 Å². The third-order valence-corrected chi connectivity index (χ3v) is 4.09. The normalized spacial score (nSPS) is 11.2. The molecule has 6 nitrogen and oxygen atoms in total. The fourth-order valence-electron chi connectivity index (χ4n) is 1.72. The molecular formula is C13H15N3O3S. The summed E-state index contributed by atoms with van der Waals surface area (Å²) in [7, 11) is -2.00. The largest absolute Gasteiger partial charge is 0.276 e. The van der Waals surface area contributed by atoms with E-state index in [1.54, 1.807) is 42.3 Å². The Morgan fingerprint density at radius 2 is 2.00 bits per heavy atom. The minimum atomic E-state index is -3.78. The Morgan fingerprint density at radius 1 is 1.30 bits per heavy atom. The topological polar surface area (TPSA) is 81.1 Å². The molecule has 2 aromatic rings. The molecule has 0 unspecified atom stereocenters. The van der Waals surface area contributed by atoms with E-state index in [4.69, 9.17) is 0 Å². The molecule has 0 saturated carbocycles. The van der Waals surface area contributed by atoms with Gasteiger partial charge in [-0.1, -0.05) is 18.2 Å². The van der Waals surface area contributed by atoms with E-state index in [-0.39, 0.29) is 11.3 Å². The van der Waals surface area contributed by atoms with Gasteiger partial charge in [-0.25, -0.2) is 13.1 Å². The molecule has 7 heteroatoms. The van der Waals surface area contributed by atoms with E-state index in [0.717, 1.165) is 5.56 Å². The number of hydrogen-bond donors (Lipinski definition) is 1. The maximum absolute atomic E-state index is 11.9. The van der Waals surface area contributed by atoms with Crippen molar-refractivity contribution in [2.45, 2.75) is 17.7 Å². The summed E-state index contributed by atoms with van der Waals surface area (Å²) in [5.41, 5.74) is 0.889. The molecular weight excluding hydrogens is 278 g/mol. The lowest BCUT2D eigenvalue weighted by molar-refractivity contribution is -0.119. The van der Waals surface area contributed by atoms with Crippen LogP contribution in [0.5, 0.6) is 0 Å². The molecule has 106 valence electrons. The van der Waals surface area contributed by atoms with Gasteiger partial charge in [-0.15, -0.1) is 0 Å². The molecule has 1 amide bonds. The van der Waals surface area contributed by atoms with Crippen LogP contribution in [0.3, 0.4) is 0 Å². The Labute approximate surface area is 117 Å². The van der Waals surface area contributed by atoms with Crippen molar-refractivity contribution in [3.8, 4) is 0 Å². The first kappa shape index (κ1) is 14.3. The van der Waals surface area contributed by atoms with Crippen LogP contribution < -0.4 is 4.72 Å². The molecule has 20 heavy (non-hydrogen) atoms. The van der Waals surface area contributed by atoms with Gasteiger partial charge in [0.05, 0.1) is 11.1 Å². The molecule has 2 rings (SSSR count). The SMILES string of the molecule is Cn1cc(CCC(=O)NS(=O)(=O)c2ccccc2)cn1. The van der Waals surface area contributed by atoms with Crippen molar-refractivity contribution in [3.63, 3.8) is 0 Å². The zero-order valence-electron chi connectivity index (χ0n) is 11.0. The van der Waals surface area contributed by atoms with E-state index in [2.05, 4.69) is 9.82 Å². The summed E-state index contributed by atoms with van der Waals surface area (Å²) in [4.78, 5) is 11.8. The molecule has 1 heterocycles. The van der Waals surface area contributed by atoms with E-state index in [1.807, 2.05) is 0 Å². The number of nitrogens with zero attached hydrogens (tertiary/aromatic N) is 2. The zero-order chi connectivity index (χ0) is 14.6. The highest BCUT2D eigenvalue weighted by Crippen LogP contribution is 2.08. The van der Waals surface area contributed by atoms with Crippen molar-refractivity contribution in [1.29, 1.82) is 0 Å². The summed E-state index contributed by atoms with van der Waals surface area (Å²) < 4.78 is 27.5. The second-order valence-corrected chi connectivity index (χ2v) is 6.05. The second kappa shape index (κ2) is 5.87. The van der Waals surface area contributed by atoms with Crippen molar-refractivity contribution >= 4 is 15.9 Å². The van der Waals surface area contributed by atoms with Gasteiger partial charge in [0, 0.05) is 19.7 Å². The van der Waals surface area contributed by atoms with Gasteiger partial charge in [0.1, 0.15) is 0 Å². The van der Waals surface area contributed by atoms with Crippen LogP contribution in [-0.4, -0.2) is 24.1 Å². The lowest BCUT2D eigenvalue weighted by Gasteiger charge is -2.06. The van der Waals surface area contributed by atoms with Gasteiger partial charge in [0.2, 0.25) is 5.91 Å². The number of carbonyl (C=O) groups excluding carboxylic acids is 1. The number of aromatic nitrogens is 2. The molecule has 0 aliphatic carbocycles. The van der Waals surface area contributed by atoms with Crippen LogP contribution in [0.4, 0.5) is 0 Å². The summed E-state index contributed by atoms with van der Waals surface area (Å²) >= 11 is 0. The molecule has 0 aliphatic heterocycles. The maximum atomic E-state index is 11.9. The van der Waals surface area contributed by atoms with Gasteiger partial charge in [0.25, 0.3) is 10.0 Å². The quantitative estimate of drug-likeness (QED) is 0.886. The van der Waals surface area contributed by atoms with Gasteiger partial charge >= 0.3 is 0 Å². The molecule has 1 aromatic heterocycles. The lowest BCUT2D eigenvalue weighted by Crippen LogP contribution is -2.30. The summed E-state index contributed by atoms with van der Waals surface area (Å²) in [6.45, 7) is 0. The second-order valence-electron chi connectivity index (χ2n) is 4.36. The van der Waals surface area contributed by atoms with Crippen LogP contribution in [0.1, 0.15) is 12.0 Å². The van der Waals surface area contributed by atoms with E-state index in [9.17, 15) is 13.2 Å². The zero-order valence-corrected chi connectivity index (χ0v) is 11.8. The number of amides is 1. The van der Waals surface area contributed by atoms with Crippen LogP contribution in [0.25, 0.3) is 0 Å². The molecule has 0 saturated heterocycles. The van der Waals surface area contributed by atoms with Crippen molar-refractivity contribution in [2.24, 2.45) is 7.05 Å². The number of rotatable bonds is 5. The Hall–Kier alpha value is -2.15. The van der Waals surface area contributed by atoms with Crippen molar-refractivity contribution in [2.75, 3.05) is 0 Å². The van der Waals surface area contributed by atoms with Gasteiger partial charge in [0.15, 0.2) is 0 Å². The Balaban J connectivity index is 1.94. The number of carbonyl (C=O) groups is 1. The van der Waals surface area contributed by atoms with Gasteiger partial charge in [-0.2, -0.15) is 5.10 Å². The van der Waals surface area contributed by atoms with Crippen molar-refractivity contribution in [3.05, 3.63) is 48.3 Å². The maximum Gasteiger partial charge on any atom is 0.264 e. The highest BCUT2D eigenvalue weighted by molar-refractivity contribution is 7.90. The first-order valence-corrected chi connectivity index (χ1v) is 7.54. The Kier molecular flexibility index (Phi) is 4.19.